The molecule has 1 heterocycles. The van der Waals surface area contributed by atoms with Crippen LogP contribution < -0.4 is 15.0 Å². The number of nitro benzene ring substituents is 1. The normalized spacial score (nSPS) is 14.1. The average molecular weight is 525 g/mol. The zero-order valence-electron chi connectivity index (χ0n) is 17.3. The van der Waals surface area contributed by atoms with Gasteiger partial charge >= 0.3 is 0 Å². The molecule has 1 saturated heterocycles. The summed E-state index contributed by atoms with van der Waals surface area (Å²) in [6.07, 6.45) is 0. The zero-order chi connectivity index (χ0) is 20.6. The molecule has 0 bridgehead atoms. The highest BCUT2D eigenvalue weighted by Crippen LogP contribution is 2.21. The summed E-state index contributed by atoms with van der Waals surface area (Å²) in [5.41, 5.74) is 1.90. The third-order valence-corrected chi connectivity index (χ3v) is 4.94. The van der Waals surface area contributed by atoms with Gasteiger partial charge in [-0.05, 0) is 31.2 Å². The number of benzene rings is 2. The molecule has 0 unspecified atom stereocenters. The van der Waals surface area contributed by atoms with Crippen LogP contribution in [0.15, 0.2) is 53.5 Å². The number of anilines is 1. The largest absolute Gasteiger partial charge is 0.497 e. The molecule has 3 rings (SSSR count). The molecule has 2 aromatic carbocycles. The van der Waals surface area contributed by atoms with Crippen molar-refractivity contribution in [1.82, 2.24) is 10.2 Å². The predicted octanol–water partition coefficient (Wildman–Crippen LogP) is 3.51. The first-order valence-corrected chi connectivity index (χ1v) is 9.77. The Labute approximate surface area is 194 Å². The molecule has 1 N–H and O–H groups in total. The summed E-state index contributed by atoms with van der Waals surface area (Å²) in [5, 5.41) is 14.5. The average Bonchev–Trinajstić information content (AvgIpc) is 2.77. The fourth-order valence-corrected chi connectivity index (χ4v) is 3.38. The quantitative estimate of drug-likeness (QED) is 0.205. The van der Waals surface area contributed by atoms with E-state index in [9.17, 15) is 10.1 Å². The molecule has 0 saturated carbocycles. The molecule has 0 amide bonds. The number of hydrogen-bond acceptors (Lipinski definition) is 5. The smallest absolute Gasteiger partial charge is 0.274 e. The number of nitro groups is 1. The molecule has 30 heavy (non-hydrogen) atoms. The fraction of sp³-hybridized carbons (Fsp3) is 0.381. The molecular weight excluding hydrogens is 497 g/mol. The molecule has 0 aliphatic carbocycles. The second-order valence-electron chi connectivity index (χ2n) is 6.73. The van der Waals surface area contributed by atoms with E-state index in [1.54, 1.807) is 25.3 Å². The van der Waals surface area contributed by atoms with Crippen molar-refractivity contribution in [2.45, 2.75) is 13.5 Å². The molecule has 1 aliphatic heterocycles. The lowest BCUT2D eigenvalue weighted by molar-refractivity contribution is -0.385. The van der Waals surface area contributed by atoms with Gasteiger partial charge in [0.25, 0.3) is 5.69 Å². The van der Waals surface area contributed by atoms with E-state index in [-0.39, 0.29) is 41.1 Å². The standard InChI is InChI=1S/C21H27N5O3.HI/c1-3-22-21(23-16-17-6-4-5-7-20(17)26(27)28)25-14-12-24(13-15-25)18-8-10-19(29-2)11-9-18;/h4-11H,3,12-16H2,1-2H3,(H,22,23);1H. The molecule has 162 valence electrons. The van der Waals surface area contributed by atoms with E-state index in [0.717, 1.165) is 44.4 Å². The second-order valence-corrected chi connectivity index (χ2v) is 6.73. The predicted molar refractivity (Wildman–Crippen MR) is 130 cm³/mol. The van der Waals surface area contributed by atoms with Crippen molar-refractivity contribution in [1.29, 1.82) is 0 Å². The maximum atomic E-state index is 11.2. The van der Waals surface area contributed by atoms with Crippen LogP contribution in [0.3, 0.4) is 0 Å². The first-order valence-electron chi connectivity index (χ1n) is 9.77. The van der Waals surface area contributed by atoms with Crippen LogP contribution in [0.4, 0.5) is 11.4 Å². The number of ether oxygens (including phenoxy) is 1. The Morgan fingerprint density at radius 2 is 1.80 bits per heavy atom. The molecule has 0 atom stereocenters. The fourth-order valence-electron chi connectivity index (χ4n) is 3.38. The summed E-state index contributed by atoms with van der Waals surface area (Å²) in [5.74, 6) is 1.64. The van der Waals surface area contributed by atoms with Crippen molar-refractivity contribution in [3.05, 3.63) is 64.2 Å². The molecule has 0 spiro atoms. The van der Waals surface area contributed by atoms with Crippen molar-refractivity contribution in [3.8, 4) is 5.75 Å². The molecule has 9 heteroatoms. The number of aliphatic imine (C=N–C) groups is 1. The maximum Gasteiger partial charge on any atom is 0.274 e. The number of piperazine rings is 1. The molecule has 2 aromatic rings. The summed E-state index contributed by atoms with van der Waals surface area (Å²) in [6.45, 7) is 6.45. The number of nitrogens with one attached hydrogen (secondary N) is 1. The molecule has 8 nitrogen and oxygen atoms in total. The van der Waals surface area contributed by atoms with Gasteiger partial charge in [0.05, 0.1) is 24.1 Å². The van der Waals surface area contributed by atoms with Crippen molar-refractivity contribution < 1.29 is 9.66 Å². The van der Waals surface area contributed by atoms with Crippen LogP contribution in [-0.2, 0) is 6.54 Å². The highest BCUT2D eigenvalue weighted by molar-refractivity contribution is 14.0. The Morgan fingerprint density at radius 1 is 1.13 bits per heavy atom. The van der Waals surface area contributed by atoms with Gasteiger partial charge in [0.1, 0.15) is 5.75 Å². The van der Waals surface area contributed by atoms with Gasteiger partial charge in [-0.3, -0.25) is 10.1 Å². The van der Waals surface area contributed by atoms with Gasteiger partial charge < -0.3 is 19.9 Å². The van der Waals surface area contributed by atoms with Gasteiger partial charge in [0.15, 0.2) is 5.96 Å². The molecule has 0 aromatic heterocycles. The number of halogens is 1. The lowest BCUT2D eigenvalue weighted by Crippen LogP contribution is -2.52. The van der Waals surface area contributed by atoms with Gasteiger partial charge in [-0.2, -0.15) is 0 Å². The number of para-hydroxylation sites is 1. The Balaban J connectivity index is 0.00000320. The minimum Gasteiger partial charge on any atom is -0.497 e. The zero-order valence-corrected chi connectivity index (χ0v) is 19.6. The summed E-state index contributed by atoms with van der Waals surface area (Å²) in [7, 11) is 1.67. The van der Waals surface area contributed by atoms with Crippen molar-refractivity contribution >= 4 is 41.3 Å². The number of nitrogens with zero attached hydrogens (tertiary/aromatic N) is 4. The second kappa shape index (κ2) is 11.6. The number of methoxy groups -OCH3 is 1. The van der Waals surface area contributed by atoms with Crippen LogP contribution in [0.1, 0.15) is 12.5 Å². The number of rotatable bonds is 6. The van der Waals surface area contributed by atoms with Crippen LogP contribution in [0.5, 0.6) is 5.75 Å². The minimum atomic E-state index is -0.356. The Morgan fingerprint density at radius 3 is 2.40 bits per heavy atom. The van der Waals surface area contributed by atoms with E-state index in [1.165, 1.54) is 11.8 Å². The van der Waals surface area contributed by atoms with Gasteiger partial charge in [0.2, 0.25) is 0 Å². The van der Waals surface area contributed by atoms with Gasteiger partial charge in [-0.25, -0.2) is 4.99 Å². The Kier molecular flexibility index (Phi) is 9.15. The number of hydrogen-bond donors (Lipinski definition) is 1. The van der Waals surface area contributed by atoms with Gasteiger partial charge in [-0.1, -0.05) is 18.2 Å². The van der Waals surface area contributed by atoms with Crippen LogP contribution >= 0.6 is 24.0 Å². The highest BCUT2D eigenvalue weighted by Gasteiger charge is 2.20. The van der Waals surface area contributed by atoms with Crippen LogP contribution in [-0.4, -0.2) is 55.6 Å². The van der Waals surface area contributed by atoms with E-state index < -0.39 is 0 Å². The van der Waals surface area contributed by atoms with E-state index in [4.69, 9.17) is 4.74 Å². The van der Waals surface area contributed by atoms with E-state index in [2.05, 4.69) is 32.2 Å². The van der Waals surface area contributed by atoms with Crippen LogP contribution in [0.2, 0.25) is 0 Å². The van der Waals surface area contributed by atoms with E-state index in [1.807, 2.05) is 19.1 Å². The van der Waals surface area contributed by atoms with Crippen molar-refractivity contribution in [2.75, 3.05) is 44.7 Å². The summed E-state index contributed by atoms with van der Waals surface area (Å²) in [4.78, 5) is 20.1. The highest BCUT2D eigenvalue weighted by atomic mass is 127. The summed E-state index contributed by atoms with van der Waals surface area (Å²) in [6, 6.07) is 14.8. The van der Waals surface area contributed by atoms with Gasteiger partial charge in [-0.15, -0.1) is 24.0 Å². The molecular formula is C21H28IN5O3. The lowest BCUT2D eigenvalue weighted by Gasteiger charge is -2.37. The first kappa shape index (κ1) is 23.7. The first-order chi connectivity index (χ1) is 14.1. The van der Waals surface area contributed by atoms with Crippen molar-refractivity contribution in [3.63, 3.8) is 0 Å². The van der Waals surface area contributed by atoms with E-state index in [0.29, 0.717) is 5.56 Å². The number of guanidine groups is 1. The van der Waals surface area contributed by atoms with Gasteiger partial charge in [0, 0.05) is 44.5 Å². The maximum absolute atomic E-state index is 11.2. The van der Waals surface area contributed by atoms with E-state index >= 15 is 0 Å². The topological polar surface area (TPSA) is 83.2 Å². The molecule has 1 aliphatic rings. The van der Waals surface area contributed by atoms with Crippen molar-refractivity contribution in [2.24, 2.45) is 4.99 Å². The Bertz CT molecular complexity index is 852. The third kappa shape index (κ3) is 5.97. The van der Waals surface area contributed by atoms with Crippen LogP contribution in [0, 0.1) is 10.1 Å². The lowest BCUT2D eigenvalue weighted by atomic mass is 10.2. The summed E-state index contributed by atoms with van der Waals surface area (Å²) < 4.78 is 5.23. The minimum absolute atomic E-state index is 0. The third-order valence-electron chi connectivity index (χ3n) is 4.94. The summed E-state index contributed by atoms with van der Waals surface area (Å²) >= 11 is 0. The molecule has 1 fully saturated rings. The monoisotopic (exact) mass is 525 g/mol. The molecule has 0 radical (unpaired) electrons. The van der Waals surface area contributed by atoms with Crippen LogP contribution in [0.25, 0.3) is 0 Å². The SMILES string of the molecule is CCNC(=NCc1ccccc1[N+](=O)[O-])N1CCN(c2ccc(OC)cc2)CC1.I. The Hall–Kier alpha value is -2.56.